The molecule has 2 unspecified atom stereocenters. The van der Waals surface area contributed by atoms with Crippen LogP contribution in [0.5, 0.6) is 0 Å². The van der Waals surface area contributed by atoms with Crippen LogP contribution in [-0.2, 0) is 0 Å². The molecule has 0 fully saturated rings. The van der Waals surface area contributed by atoms with Crippen molar-refractivity contribution in [2.75, 3.05) is 6.54 Å². The first-order valence-electron chi connectivity index (χ1n) is 5.62. The normalized spacial score (nSPS) is 14.1. The monoisotopic (exact) mass is 280 g/mol. The van der Waals surface area contributed by atoms with Gasteiger partial charge in [0.2, 0.25) is 0 Å². The Labute approximate surface area is 115 Å². The highest BCUT2D eigenvalue weighted by Gasteiger charge is 2.19. The summed E-state index contributed by atoms with van der Waals surface area (Å²) in [4.78, 5) is 1.08. The molecule has 2 atom stereocenters. The highest BCUT2D eigenvalue weighted by molar-refractivity contribution is 7.16. The van der Waals surface area contributed by atoms with Crippen molar-refractivity contribution in [1.82, 2.24) is 5.32 Å². The van der Waals surface area contributed by atoms with Crippen molar-refractivity contribution in [2.45, 2.75) is 13.0 Å². The molecule has 0 aromatic carbocycles. The number of nitriles is 1. The highest BCUT2D eigenvalue weighted by atomic mass is 35.5. The third-order valence-electron chi connectivity index (χ3n) is 2.55. The lowest BCUT2D eigenvalue weighted by Crippen LogP contribution is -2.25. The third-order valence-corrected chi connectivity index (χ3v) is 3.85. The molecule has 0 amide bonds. The molecule has 94 valence electrons. The van der Waals surface area contributed by atoms with Crippen LogP contribution in [0.4, 0.5) is 0 Å². The van der Waals surface area contributed by atoms with Crippen molar-refractivity contribution < 1.29 is 4.42 Å². The number of hydrogen-bond donors (Lipinski definition) is 1. The van der Waals surface area contributed by atoms with Gasteiger partial charge >= 0.3 is 0 Å². The first-order chi connectivity index (χ1) is 8.70. The molecule has 0 aliphatic heterocycles. The average Bonchev–Trinajstić information content (AvgIpc) is 3.01. The molecule has 0 spiro atoms. The van der Waals surface area contributed by atoms with Gasteiger partial charge in [0.15, 0.2) is 0 Å². The van der Waals surface area contributed by atoms with Crippen LogP contribution in [0.15, 0.2) is 34.9 Å². The highest BCUT2D eigenvalue weighted by Crippen LogP contribution is 2.31. The van der Waals surface area contributed by atoms with Crippen molar-refractivity contribution in [1.29, 1.82) is 5.26 Å². The van der Waals surface area contributed by atoms with E-state index < -0.39 is 0 Å². The van der Waals surface area contributed by atoms with Crippen LogP contribution in [0.1, 0.15) is 23.6 Å². The van der Waals surface area contributed by atoms with Gasteiger partial charge in [-0.1, -0.05) is 11.6 Å². The van der Waals surface area contributed by atoms with Crippen LogP contribution in [0.25, 0.3) is 0 Å². The van der Waals surface area contributed by atoms with E-state index in [0.29, 0.717) is 6.54 Å². The summed E-state index contributed by atoms with van der Waals surface area (Å²) in [6.45, 7) is 2.49. The smallest absolute Gasteiger partial charge is 0.126 e. The summed E-state index contributed by atoms with van der Waals surface area (Å²) in [6.07, 6.45) is 1.65. The Balaban J connectivity index is 2.17. The Morgan fingerprint density at radius 2 is 2.33 bits per heavy atom. The number of furan rings is 1. The van der Waals surface area contributed by atoms with E-state index in [9.17, 15) is 0 Å². The maximum absolute atomic E-state index is 8.82. The molecular weight excluding hydrogens is 268 g/mol. The topological polar surface area (TPSA) is 49.0 Å². The maximum atomic E-state index is 8.82. The lowest BCUT2D eigenvalue weighted by atomic mass is 10.1. The average molecular weight is 281 g/mol. The summed E-state index contributed by atoms with van der Waals surface area (Å²) in [6, 6.07) is 9.78. The molecule has 0 saturated carbocycles. The fourth-order valence-electron chi connectivity index (χ4n) is 1.62. The van der Waals surface area contributed by atoms with Crippen molar-refractivity contribution in [3.63, 3.8) is 0 Å². The number of halogens is 1. The van der Waals surface area contributed by atoms with Crippen molar-refractivity contribution >= 4 is 22.9 Å². The Bertz CT molecular complexity index is 529. The lowest BCUT2D eigenvalue weighted by molar-refractivity contribution is 0.439. The molecule has 3 nitrogen and oxygen atoms in total. The molecule has 2 aromatic heterocycles. The summed E-state index contributed by atoms with van der Waals surface area (Å²) in [5, 5.41) is 12.2. The van der Waals surface area contributed by atoms with E-state index in [2.05, 4.69) is 11.4 Å². The number of hydrogen-bond acceptors (Lipinski definition) is 4. The molecular formula is C13H13ClN2OS. The number of thiophene rings is 1. The van der Waals surface area contributed by atoms with Crippen LogP contribution in [-0.4, -0.2) is 6.54 Å². The van der Waals surface area contributed by atoms with Gasteiger partial charge in [0.05, 0.1) is 22.6 Å². The Morgan fingerprint density at radius 1 is 1.50 bits per heavy atom. The first-order valence-corrected chi connectivity index (χ1v) is 6.82. The summed E-state index contributed by atoms with van der Waals surface area (Å²) >= 11 is 7.48. The fraction of sp³-hybridized carbons (Fsp3) is 0.308. The standard InChI is InChI=1S/C13H13ClN2OS/c1-9(7-15)8-16-13(10-3-2-6-17-10)11-4-5-12(14)18-11/h2-6,9,13,16H,8H2,1H3. The minimum absolute atomic E-state index is 0.0436. The van der Waals surface area contributed by atoms with E-state index in [-0.39, 0.29) is 12.0 Å². The van der Waals surface area contributed by atoms with Crippen LogP contribution < -0.4 is 5.32 Å². The maximum Gasteiger partial charge on any atom is 0.126 e. The van der Waals surface area contributed by atoms with E-state index in [1.165, 1.54) is 11.3 Å². The van der Waals surface area contributed by atoms with Gasteiger partial charge < -0.3 is 9.73 Å². The van der Waals surface area contributed by atoms with E-state index in [4.69, 9.17) is 21.3 Å². The summed E-state index contributed by atoms with van der Waals surface area (Å²) in [5.74, 6) is 0.788. The fourth-order valence-corrected chi connectivity index (χ4v) is 2.77. The summed E-state index contributed by atoms with van der Waals surface area (Å²) in [7, 11) is 0. The molecule has 5 heteroatoms. The molecule has 2 aromatic rings. The molecule has 0 saturated heterocycles. The van der Waals surface area contributed by atoms with Gasteiger partial charge in [-0.2, -0.15) is 5.26 Å². The molecule has 2 heterocycles. The summed E-state index contributed by atoms with van der Waals surface area (Å²) in [5.41, 5.74) is 0. The predicted molar refractivity (Wildman–Crippen MR) is 72.7 cm³/mol. The second kappa shape index (κ2) is 6.05. The van der Waals surface area contributed by atoms with Crippen molar-refractivity contribution in [3.8, 4) is 6.07 Å². The van der Waals surface area contributed by atoms with E-state index in [0.717, 1.165) is 15.0 Å². The number of nitrogens with zero attached hydrogens (tertiary/aromatic N) is 1. The minimum Gasteiger partial charge on any atom is -0.467 e. The zero-order valence-electron chi connectivity index (χ0n) is 9.89. The van der Waals surface area contributed by atoms with Gasteiger partial charge in [0, 0.05) is 11.4 Å². The molecule has 1 N–H and O–H groups in total. The number of rotatable bonds is 5. The largest absolute Gasteiger partial charge is 0.467 e. The zero-order chi connectivity index (χ0) is 13.0. The van der Waals surface area contributed by atoms with E-state index in [1.54, 1.807) is 6.26 Å². The van der Waals surface area contributed by atoms with Crippen LogP contribution in [0, 0.1) is 17.2 Å². The van der Waals surface area contributed by atoms with E-state index in [1.807, 2.05) is 31.2 Å². The quantitative estimate of drug-likeness (QED) is 0.905. The molecule has 0 aliphatic rings. The van der Waals surface area contributed by atoms with Crippen LogP contribution in [0.2, 0.25) is 4.34 Å². The molecule has 2 rings (SSSR count). The second-order valence-corrected chi connectivity index (χ2v) is 5.78. The van der Waals surface area contributed by atoms with Crippen LogP contribution >= 0.6 is 22.9 Å². The third kappa shape index (κ3) is 3.14. The van der Waals surface area contributed by atoms with Gasteiger partial charge in [0.1, 0.15) is 11.8 Å². The Morgan fingerprint density at radius 3 is 2.89 bits per heavy atom. The van der Waals surface area contributed by atoms with Crippen LogP contribution in [0.3, 0.4) is 0 Å². The Kier molecular flexibility index (Phi) is 4.43. The lowest BCUT2D eigenvalue weighted by Gasteiger charge is -2.15. The molecule has 0 bridgehead atoms. The Hall–Kier alpha value is -1.28. The van der Waals surface area contributed by atoms with Gasteiger partial charge in [-0.3, -0.25) is 0 Å². The van der Waals surface area contributed by atoms with E-state index >= 15 is 0 Å². The first kappa shape index (κ1) is 13.2. The van der Waals surface area contributed by atoms with Crippen molar-refractivity contribution in [3.05, 3.63) is 45.5 Å². The van der Waals surface area contributed by atoms with Crippen molar-refractivity contribution in [2.24, 2.45) is 5.92 Å². The van der Waals surface area contributed by atoms with Gasteiger partial charge in [-0.15, -0.1) is 11.3 Å². The SMILES string of the molecule is CC(C#N)CNC(c1ccco1)c1ccc(Cl)s1. The van der Waals surface area contributed by atoms with Gasteiger partial charge in [-0.05, 0) is 31.2 Å². The molecule has 0 radical (unpaired) electrons. The minimum atomic E-state index is -0.0479. The van der Waals surface area contributed by atoms with Gasteiger partial charge in [-0.25, -0.2) is 0 Å². The summed E-state index contributed by atoms with van der Waals surface area (Å²) < 4.78 is 6.19. The molecule has 0 aliphatic carbocycles. The van der Waals surface area contributed by atoms with Gasteiger partial charge in [0.25, 0.3) is 0 Å². The number of nitrogens with one attached hydrogen (secondary N) is 1. The predicted octanol–water partition coefficient (Wildman–Crippen LogP) is 3.83. The zero-order valence-corrected chi connectivity index (χ0v) is 11.5. The molecule has 18 heavy (non-hydrogen) atoms. The second-order valence-electron chi connectivity index (χ2n) is 4.03.